The summed E-state index contributed by atoms with van der Waals surface area (Å²) in [5.74, 6) is 0.390. The Labute approximate surface area is 199 Å². The average molecular weight is 463 g/mol. The molecule has 0 bridgehead atoms. The van der Waals surface area contributed by atoms with Gasteiger partial charge >= 0.3 is 0 Å². The molecule has 1 heterocycles. The fourth-order valence-electron chi connectivity index (χ4n) is 4.48. The number of nitrogens with one attached hydrogen (secondary N) is 1. The minimum Gasteiger partial charge on any atom is -0.497 e. The number of benzene rings is 2. The highest BCUT2D eigenvalue weighted by molar-refractivity contribution is 7.10. The van der Waals surface area contributed by atoms with E-state index in [1.807, 2.05) is 73.0 Å². The highest BCUT2D eigenvalue weighted by Gasteiger charge is 2.35. The van der Waals surface area contributed by atoms with Crippen LogP contribution < -0.4 is 15.0 Å². The number of hydrogen-bond donors (Lipinski definition) is 1. The van der Waals surface area contributed by atoms with Gasteiger partial charge < -0.3 is 10.1 Å². The number of hydrogen-bond acceptors (Lipinski definition) is 4. The first-order chi connectivity index (χ1) is 16.1. The molecule has 1 atom stereocenters. The third kappa shape index (κ3) is 5.45. The minimum atomic E-state index is -0.797. The molecule has 1 aliphatic rings. The molecular weight excluding hydrogens is 432 g/mol. The van der Waals surface area contributed by atoms with Crippen molar-refractivity contribution in [1.82, 2.24) is 5.32 Å². The lowest BCUT2D eigenvalue weighted by molar-refractivity contribution is -0.127. The van der Waals surface area contributed by atoms with E-state index in [-0.39, 0.29) is 24.3 Å². The van der Waals surface area contributed by atoms with Gasteiger partial charge in [-0.15, -0.1) is 11.3 Å². The summed E-state index contributed by atoms with van der Waals surface area (Å²) in [4.78, 5) is 30.2. The number of nitrogens with zero attached hydrogens (tertiary/aromatic N) is 1. The van der Waals surface area contributed by atoms with Gasteiger partial charge in [0.15, 0.2) is 0 Å². The molecule has 2 aromatic carbocycles. The van der Waals surface area contributed by atoms with Gasteiger partial charge in [0.25, 0.3) is 0 Å². The van der Waals surface area contributed by atoms with E-state index in [4.69, 9.17) is 4.74 Å². The van der Waals surface area contributed by atoms with E-state index < -0.39 is 6.04 Å². The minimum absolute atomic E-state index is 0.110. The van der Waals surface area contributed by atoms with Crippen molar-refractivity contribution < 1.29 is 14.3 Å². The molecule has 1 N–H and O–H groups in total. The molecule has 1 saturated carbocycles. The summed E-state index contributed by atoms with van der Waals surface area (Å²) in [7, 11) is 1.60. The predicted octanol–water partition coefficient (Wildman–Crippen LogP) is 5.44. The maximum atomic E-state index is 13.8. The van der Waals surface area contributed by atoms with Gasteiger partial charge in [-0.3, -0.25) is 14.5 Å². The first-order valence-electron chi connectivity index (χ1n) is 11.4. The van der Waals surface area contributed by atoms with Crippen molar-refractivity contribution in [2.75, 3.05) is 12.0 Å². The largest absolute Gasteiger partial charge is 0.497 e. The van der Waals surface area contributed by atoms with E-state index in [0.29, 0.717) is 5.75 Å². The highest BCUT2D eigenvalue weighted by atomic mass is 32.1. The smallest absolute Gasteiger partial charge is 0.248 e. The molecule has 0 unspecified atom stereocenters. The van der Waals surface area contributed by atoms with E-state index in [2.05, 4.69) is 5.32 Å². The Morgan fingerprint density at radius 3 is 2.58 bits per heavy atom. The SMILES string of the molecule is COc1cccc([C@@H](C(=O)NC2CCCC2)N(C(=O)Cc2cccs2)c2ccccc2C)c1. The number of methoxy groups -OCH3 is 1. The van der Waals surface area contributed by atoms with Crippen LogP contribution >= 0.6 is 11.3 Å². The molecule has 33 heavy (non-hydrogen) atoms. The van der Waals surface area contributed by atoms with Crippen molar-refractivity contribution >= 4 is 28.8 Å². The van der Waals surface area contributed by atoms with Crippen molar-refractivity contribution in [1.29, 1.82) is 0 Å². The molecule has 2 amide bonds. The monoisotopic (exact) mass is 462 g/mol. The van der Waals surface area contributed by atoms with Crippen molar-refractivity contribution in [3.63, 3.8) is 0 Å². The van der Waals surface area contributed by atoms with E-state index in [9.17, 15) is 9.59 Å². The number of carbonyl (C=O) groups is 2. The van der Waals surface area contributed by atoms with Gasteiger partial charge in [-0.05, 0) is 60.5 Å². The Balaban J connectivity index is 1.79. The number of aryl methyl sites for hydroxylation is 1. The summed E-state index contributed by atoms with van der Waals surface area (Å²) in [6, 6.07) is 18.4. The first kappa shape index (κ1) is 23.1. The summed E-state index contributed by atoms with van der Waals surface area (Å²) in [5, 5.41) is 5.19. The number of anilines is 1. The Hall–Kier alpha value is -3.12. The Kier molecular flexibility index (Phi) is 7.45. The molecule has 4 rings (SSSR count). The second-order valence-electron chi connectivity index (χ2n) is 8.48. The molecular formula is C27H30N2O3S. The van der Waals surface area contributed by atoms with E-state index >= 15 is 0 Å². The van der Waals surface area contributed by atoms with Crippen molar-refractivity contribution in [2.45, 2.75) is 51.1 Å². The molecule has 172 valence electrons. The number of carbonyl (C=O) groups excluding carboxylic acids is 2. The number of rotatable bonds is 8. The summed E-state index contributed by atoms with van der Waals surface area (Å²) in [5.41, 5.74) is 2.42. The molecule has 6 heteroatoms. The molecule has 1 aromatic heterocycles. The third-order valence-electron chi connectivity index (χ3n) is 6.17. The Morgan fingerprint density at radius 1 is 1.09 bits per heavy atom. The quantitative estimate of drug-likeness (QED) is 0.485. The molecule has 1 aliphatic carbocycles. The fourth-order valence-corrected chi connectivity index (χ4v) is 5.17. The second-order valence-corrected chi connectivity index (χ2v) is 9.51. The summed E-state index contributed by atoms with van der Waals surface area (Å²) >= 11 is 1.55. The van der Waals surface area contributed by atoms with Crippen LogP contribution in [-0.4, -0.2) is 25.0 Å². The summed E-state index contributed by atoms with van der Waals surface area (Å²) in [6.07, 6.45) is 4.43. The molecule has 0 saturated heterocycles. The van der Waals surface area contributed by atoms with Gasteiger partial charge in [0, 0.05) is 16.6 Å². The average Bonchev–Trinajstić information content (AvgIpc) is 3.52. The summed E-state index contributed by atoms with van der Waals surface area (Å²) in [6.45, 7) is 1.97. The van der Waals surface area contributed by atoms with Gasteiger partial charge in [0.2, 0.25) is 11.8 Å². The van der Waals surface area contributed by atoms with Gasteiger partial charge in [0.05, 0.1) is 13.5 Å². The van der Waals surface area contributed by atoms with Crippen molar-refractivity contribution in [2.24, 2.45) is 0 Å². The van der Waals surface area contributed by atoms with Crippen LogP contribution in [0.5, 0.6) is 5.75 Å². The topological polar surface area (TPSA) is 58.6 Å². The van der Waals surface area contributed by atoms with Crippen LogP contribution in [0.15, 0.2) is 66.0 Å². The van der Waals surface area contributed by atoms with Gasteiger partial charge in [-0.25, -0.2) is 0 Å². The van der Waals surface area contributed by atoms with Gasteiger partial charge in [0.1, 0.15) is 11.8 Å². The number of ether oxygens (including phenoxy) is 1. The zero-order chi connectivity index (χ0) is 23.2. The maximum absolute atomic E-state index is 13.8. The Bertz CT molecular complexity index is 1090. The van der Waals surface area contributed by atoms with Gasteiger partial charge in [-0.1, -0.05) is 49.2 Å². The zero-order valence-corrected chi connectivity index (χ0v) is 19.9. The normalized spacial score (nSPS) is 14.6. The van der Waals surface area contributed by atoms with Crippen LogP contribution in [0, 0.1) is 6.92 Å². The van der Waals surface area contributed by atoms with Crippen LogP contribution in [0.3, 0.4) is 0 Å². The predicted molar refractivity (Wildman–Crippen MR) is 133 cm³/mol. The first-order valence-corrected chi connectivity index (χ1v) is 12.3. The lowest BCUT2D eigenvalue weighted by Gasteiger charge is -2.33. The van der Waals surface area contributed by atoms with E-state index in [0.717, 1.165) is 47.4 Å². The summed E-state index contributed by atoms with van der Waals surface area (Å²) < 4.78 is 5.44. The number of thiophene rings is 1. The molecule has 1 fully saturated rings. The van der Waals surface area contributed by atoms with Crippen LogP contribution in [0.1, 0.15) is 47.7 Å². The molecule has 3 aromatic rings. The zero-order valence-electron chi connectivity index (χ0n) is 19.1. The molecule has 0 radical (unpaired) electrons. The van der Waals surface area contributed by atoms with Crippen LogP contribution in [0.2, 0.25) is 0 Å². The lowest BCUT2D eigenvalue weighted by atomic mass is 10.00. The van der Waals surface area contributed by atoms with E-state index in [1.165, 1.54) is 0 Å². The van der Waals surface area contributed by atoms with Crippen molar-refractivity contribution in [3.8, 4) is 5.75 Å². The number of amides is 2. The highest BCUT2D eigenvalue weighted by Crippen LogP contribution is 2.33. The third-order valence-corrected chi connectivity index (χ3v) is 7.04. The van der Waals surface area contributed by atoms with Gasteiger partial charge in [-0.2, -0.15) is 0 Å². The van der Waals surface area contributed by atoms with Crippen LogP contribution in [-0.2, 0) is 16.0 Å². The second kappa shape index (κ2) is 10.7. The molecule has 0 spiro atoms. The van der Waals surface area contributed by atoms with Crippen LogP contribution in [0.4, 0.5) is 5.69 Å². The maximum Gasteiger partial charge on any atom is 0.248 e. The fraction of sp³-hybridized carbons (Fsp3) is 0.333. The molecule has 0 aliphatic heterocycles. The van der Waals surface area contributed by atoms with E-state index in [1.54, 1.807) is 23.3 Å². The Morgan fingerprint density at radius 2 is 1.88 bits per heavy atom. The lowest BCUT2D eigenvalue weighted by Crippen LogP contribution is -2.47. The van der Waals surface area contributed by atoms with Crippen LogP contribution in [0.25, 0.3) is 0 Å². The number of para-hydroxylation sites is 1. The van der Waals surface area contributed by atoms with Crippen molar-refractivity contribution in [3.05, 3.63) is 82.0 Å². The molecule has 5 nitrogen and oxygen atoms in total. The standard InChI is InChI=1S/C27H30N2O3S/c1-19-9-3-6-15-24(19)29(25(30)18-23-14-8-16-33-23)26(20-10-7-13-22(17-20)32-2)27(31)28-21-11-4-5-12-21/h3,6-10,13-17,21,26H,4-5,11-12,18H2,1-2H3,(H,28,31)/t26-/m0/s1.